The third-order valence-electron chi connectivity index (χ3n) is 11.6. The van der Waals surface area contributed by atoms with Crippen molar-refractivity contribution in [3.8, 4) is 17.2 Å². The summed E-state index contributed by atoms with van der Waals surface area (Å²) >= 11 is 0. The maximum Gasteiger partial charge on any atom is 0.253 e. The number of methoxy groups -OCH3 is 1. The Kier molecular flexibility index (Phi) is 11.3. The van der Waals surface area contributed by atoms with Gasteiger partial charge in [0.15, 0.2) is 11.7 Å². The number of carbonyl (C=O) groups is 4. The number of ketones is 2. The van der Waals surface area contributed by atoms with Crippen LogP contribution in [-0.4, -0.2) is 129 Å². The fourth-order valence-corrected chi connectivity index (χ4v) is 8.66. The third-order valence-corrected chi connectivity index (χ3v) is 11.6. The number of aliphatic imine (C=N–C) groups is 1. The fraction of sp³-hybridized carbons (Fsp3) is 0.425. The highest BCUT2D eigenvalue weighted by atomic mass is 16.7. The van der Waals surface area contributed by atoms with Crippen molar-refractivity contribution in [2.75, 3.05) is 33.9 Å². The molecule has 2 aromatic rings. The van der Waals surface area contributed by atoms with E-state index in [1.807, 2.05) is 0 Å². The van der Waals surface area contributed by atoms with Gasteiger partial charge in [0, 0.05) is 66.5 Å². The first-order chi connectivity index (χ1) is 28.2. The minimum atomic E-state index is -2.45. The number of dihydropyridines is 1. The molecule has 19 heteroatoms. The van der Waals surface area contributed by atoms with Crippen molar-refractivity contribution in [1.29, 1.82) is 0 Å². The van der Waals surface area contributed by atoms with Crippen LogP contribution in [0.15, 0.2) is 52.8 Å². The average molecular weight is 819 g/mol. The van der Waals surface area contributed by atoms with Gasteiger partial charge in [0.25, 0.3) is 11.8 Å². The van der Waals surface area contributed by atoms with Crippen molar-refractivity contribution in [1.82, 2.24) is 15.5 Å². The molecule has 3 aliphatic heterocycles. The molecular weight excluding hydrogens is 772 g/mol. The molecule has 0 unspecified atom stereocenters. The number of aromatic hydroxyl groups is 1. The van der Waals surface area contributed by atoms with Gasteiger partial charge in [-0.2, -0.15) is 0 Å². The number of ether oxygens (including phenoxy) is 3. The summed E-state index contributed by atoms with van der Waals surface area (Å²) in [7, 11) is 2.74. The maximum atomic E-state index is 14.6. The normalized spacial score (nSPS) is 27.0. The number of aliphatic hydroxyl groups is 5. The molecule has 0 saturated carbocycles. The van der Waals surface area contributed by atoms with Crippen LogP contribution in [0, 0.1) is 5.92 Å². The van der Waals surface area contributed by atoms with E-state index in [-0.39, 0.29) is 52.9 Å². The van der Waals surface area contributed by atoms with Gasteiger partial charge in [-0.1, -0.05) is 6.08 Å². The van der Waals surface area contributed by atoms with Crippen LogP contribution in [0.1, 0.15) is 73.8 Å². The molecule has 59 heavy (non-hydrogen) atoms. The van der Waals surface area contributed by atoms with Gasteiger partial charge in [0.2, 0.25) is 12.1 Å². The van der Waals surface area contributed by atoms with Crippen LogP contribution in [0.5, 0.6) is 17.2 Å². The second-order valence-corrected chi connectivity index (χ2v) is 15.0. The predicted molar refractivity (Wildman–Crippen MR) is 206 cm³/mol. The average Bonchev–Trinajstić information content (AvgIpc) is 3.54. The number of hydrogen-bond donors (Lipinski definition) is 10. The summed E-state index contributed by atoms with van der Waals surface area (Å²) < 4.78 is 17.5. The van der Waals surface area contributed by atoms with E-state index in [1.54, 1.807) is 6.08 Å². The monoisotopic (exact) mass is 818 g/mol. The third kappa shape index (κ3) is 7.08. The Hall–Kier alpha value is -5.83. The molecule has 1 fully saturated rings. The van der Waals surface area contributed by atoms with Crippen LogP contribution in [0.25, 0.3) is 0 Å². The van der Waals surface area contributed by atoms with Crippen LogP contribution in [-0.2, 0) is 27.4 Å². The van der Waals surface area contributed by atoms with E-state index >= 15 is 0 Å². The van der Waals surface area contributed by atoms with Gasteiger partial charge in [-0.25, -0.2) is 0 Å². The second-order valence-electron chi connectivity index (χ2n) is 15.0. The minimum absolute atomic E-state index is 0.0617. The first kappa shape index (κ1) is 41.3. The van der Waals surface area contributed by atoms with Gasteiger partial charge in [-0.05, 0) is 49.0 Å². The van der Waals surface area contributed by atoms with Crippen molar-refractivity contribution in [2.24, 2.45) is 22.4 Å². The predicted octanol–water partition coefficient (Wildman–Crippen LogP) is -1.61. The number of rotatable bonds is 11. The zero-order valence-corrected chi connectivity index (χ0v) is 32.2. The van der Waals surface area contributed by atoms with E-state index in [1.165, 1.54) is 32.4 Å². The standard InChI is InChI=1S/C40H46N6O13/c1-43-39(42)45-22-5-3-4-18-10-20-31(34(52)29(18)22)35(53)32-24(12-23(57-2)21(15-47)30(32)33(20)51)58-38-36(54)37(55)40(56,25(16-48)59-38)13-19(17-8-9-44-26(41)11-17)14-46-27(49)6-7-28(46)50/h6-8,10-12,19,22,25,36-38,44,47-48,52,54-56H,3-5,9,13-16,41H2,1-2H3,(H3,42,43,45)/t19-,22-,25-,36-,37-,38-,40-/m1/s1. The van der Waals surface area contributed by atoms with Crippen LogP contribution in [0.4, 0.5) is 0 Å². The highest BCUT2D eigenvalue weighted by Crippen LogP contribution is 2.48. The summed E-state index contributed by atoms with van der Waals surface area (Å²) in [5, 5.41) is 74.1. The second kappa shape index (κ2) is 16.1. The number of phenols is 1. The quantitative estimate of drug-likeness (QED) is 0.0591. The number of aliphatic hydroxyl groups excluding tert-OH is 4. The molecule has 2 aromatic carbocycles. The van der Waals surface area contributed by atoms with Crippen LogP contribution in [0.3, 0.4) is 0 Å². The van der Waals surface area contributed by atoms with Crippen molar-refractivity contribution in [3.05, 3.63) is 86.8 Å². The van der Waals surface area contributed by atoms with Gasteiger partial charge in [-0.3, -0.25) is 29.1 Å². The molecule has 0 radical (unpaired) electrons. The van der Waals surface area contributed by atoms with Crippen LogP contribution < -0.4 is 31.6 Å². The van der Waals surface area contributed by atoms with Crippen LogP contribution in [0.2, 0.25) is 0 Å². The molecule has 0 aromatic heterocycles. The molecule has 3 heterocycles. The summed E-state index contributed by atoms with van der Waals surface area (Å²) in [6.45, 7) is -1.69. The van der Waals surface area contributed by atoms with Gasteiger partial charge >= 0.3 is 0 Å². The number of aryl methyl sites for hydroxylation is 1. The number of benzene rings is 2. The number of nitrogens with zero attached hydrogens (tertiary/aromatic N) is 2. The lowest BCUT2D eigenvalue weighted by molar-refractivity contribution is -0.316. The summed E-state index contributed by atoms with van der Waals surface area (Å²) in [6, 6.07) is 2.15. The van der Waals surface area contributed by atoms with Gasteiger partial charge in [-0.15, -0.1) is 0 Å². The van der Waals surface area contributed by atoms with Gasteiger partial charge in [0.1, 0.15) is 41.2 Å². The Morgan fingerprint density at radius 3 is 2.47 bits per heavy atom. The number of nitrogens with one attached hydrogen (secondary N) is 2. The van der Waals surface area contributed by atoms with E-state index in [2.05, 4.69) is 15.6 Å². The van der Waals surface area contributed by atoms with E-state index < -0.39 is 102 Å². The van der Waals surface area contributed by atoms with Crippen LogP contribution >= 0.6 is 0 Å². The first-order valence-electron chi connectivity index (χ1n) is 18.9. The smallest absolute Gasteiger partial charge is 0.253 e. The van der Waals surface area contributed by atoms with Crippen molar-refractivity contribution >= 4 is 29.3 Å². The first-order valence-corrected chi connectivity index (χ1v) is 18.9. The summed E-state index contributed by atoms with van der Waals surface area (Å²) in [4.78, 5) is 59.0. The highest BCUT2D eigenvalue weighted by molar-refractivity contribution is 6.31. The molecule has 12 N–H and O–H groups in total. The molecule has 5 aliphatic rings. The Morgan fingerprint density at radius 1 is 1.10 bits per heavy atom. The molecule has 1 saturated heterocycles. The van der Waals surface area contributed by atoms with E-state index in [4.69, 9.17) is 25.7 Å². The molecule has 2 aliphatic carbocycles. The Balaban J connectivity index is 1.25. The molecular formula is C40H46N6O13. The van der Waals surface area contributed by atoms with E-state index in [0.29, 0.717) is 36.0 Å². The Bertz CT molecular complexity index is 2210. The Labute approximate surface area is 337 Å². The number of amides is 2. The number of phenolic OH excluding ortho intramolecular Hbond substituents is 1. The number of fused-ring (bicyclic) bond motifs is 3. The van der Waals surface area contributed by atoms with Gasteiger partial charge < -0.3 is 67.0 Å². The Morgan fingerprint density at radius 2 is 1.83 bits per heavy atom. The lowest BCUT2D eigenvalue weighted by Crippen LogP contribution is -2.68. The number of hydrogen-bond acceptors (Lipinski definition) is 16. The van der Waals surface area contributed by atoms with Gasteiger partial charge in [0.05, 0.1) is 43.3 Å². The molecule has 7 rings (SSSR count). The minimum Gasteiger partial charge on any atom is -0.507 e. The molecule has 2 amide bonds. The number of nitrogens with two attached hydrogens (primary N) is 2. The zero-order valence-electron chi connectivity index (χ0n) is 32.2. The lowest BCUT2D eigenvalue weighted by atomic mass is 9.75. The summed E-state index contributed by atoms with van der Waals surface area (Å²) in [5.41, 5.74) is 9.73. The number of guanidine groups is 1. The molecule has 0 spiro atoms. The number of carbonyl (C=O) groups excluding carboxylic acids is 4. The van der Waals surface area contributed by atoms with Crippen molar-refractivity contribution < 1.29 is 64.0 Å². The molecule has 314 valence electrons. The lowest BCUT2D eigenvalue weighted by Gasteiger charge is -2.49. The molecule has 19 nitrogen and oxygen atoms in total. The van der Waals surface area contributed by atoms with Crippen molar-refractivity contribution in [2.45, 2.75) is 68.5 Å². The molecule has 7 atom stereocenters. The number of imide groups is 1. The topological polar surface area (TPSA) is 309 Å². The molecule has 0 bridgehead atoms. The summed E-state index contributed by atoms with van der Waals surface area (Å²) in [5.74, 6) is -4.33. The number of allylic oxidation sites excluding steroid dienone is 1. The zero-order chi connectivity index (χ0) is 42.5. The SMILES string of the molecule is CN=C(N)N[C@@H]1CCCc2cc3c(c(O)c21)C(=O)c1c(O[C@@H]2O[C@H](CO)[C@](O)(C[C@H](CN4C(=O)C=CC4=O)C4=CCNC(N)=C4)[C@H](O)[C@H]2O)cc(OC)c(CO)c1C3=O. The maximum absolute atomic E-state index is 14.6. The fourth-order valence-electron chi connectivity index (χ4n) is 8.66. The van der Waals surface area contributed by atoms with E-state index in [0.717, 1.165) is 17.1 Å². The largest absolute Gasteiger partial charge is 0.507 e. The highest BCUT2D eigenvalue weighted by Gasteiger charge is 2.57. The summed E-state index contributed by atoms with van der Waals surface area (Å²) in [6.07, 6.45) is -1.19. The van der Waals surface area contributed by atoms with E-state index in [9.17, 15) is 49.8 Å². The van der Waals surface area contributed by atoms with Crippen molar-refractivity contribution in [3.63, 3.8) is 0 Å².